The van der Waals surface area contributed by atoms with Crippen LogP contribution in [0.3, 0.4) is 0 Å². The van der Waals surface area contributed by atoms with Gasteiger partial charge in [-0.25, -0.2) is 0 Å². The highest BCUT2D eigenvalue weighted by molar-refractivity contribution is 4.95. The number of hydrogen-bond donors (Lipinski definition) is 2. The van der Waals surface area contributed by atoms with E-state index in [1.54, 1.807) is 0 Å². The van der Waals surface area contributed by atoms with Crippen LogP contribution in [0.1, 0.15) is 58.8 Å². The summed E-state index contributed by atoms with van der Waals surface area (Å²) in [7, 11) is 0. The van der Waals surface area contributed by atoms with E-state index in [-0.39, 0.29) is 0 Å². The molecule has 0 bridgehead atoms. The smallest absolute Gasteiger partial charge is 0.0677 e. The van der Waals surface area contributed by atoms with E-state index in [0.29, 0.717) is 12.0 Å². The zero-order valence-electron chi connectivity index (χ0n) is 10.8. The number of nitrogens with two attached hydrogens (primary N) is 1. The van der Waals surface area contributed by atoms with Crippen LogP contribution in [-0.2, 0) is 0 Å². The molecule has 2 atom stereocenters. The molecule has 2 aliphatic rings. The molecule has 0 heterocycles. The Hall–Kier alpha value is -0.0800. The Kier molecular flexibility index (Phi) is 3.60. The van der Waals surface area contributed by atoms with E-state index >= 15 is 0 Å². The summed E-state index contributed by atoms with van der Waals surface area (Å²) in [5, 5.41) is 10.8. The van der Waals surface area contributed by atoms with Gasteiger partial charge < -0.3 is 10.8 Å². The van der Waals surface area contributed by atoms with E-state index in [4.69, 9.17) is 5.73 Å². The van der Waals surface area contributed by atoms with Crippen LogP contribution >= 0.6 is 0 Å². The van der Waals surface area contributed by atoms with Crippen molar-refractivity contribution in [1.82, 2.24) is 0 Å². The van der Waals surface area contributed by atoms with Gasteiger partial charge in [0.15, 0.2) is 0 Å². The van der Waals surface area contributed by atoms with Crippen LogP contribution in [0.5, 0.6) is 0 Å². The predicted octanol–water partition coefficient (Wildman–Crippen LogP) is 2.69. The summed E-state index contributed by atoms with van der Waals surface area (Å²) >= 11 is 0. The highest BCUT2D eigenvalue weighted by atomic mass is 16.3. The van der Waals surface area contributed by atoms with Gasteiger partial charge in [0.1, 0.15) is 0 Å². The van der Waals surface area contributed by atoms with Crippen molar-refractivity contribution in [2.24, 2.45) is 23.5 Å². The molecule has 0 aromatic heterocycles. The molecule has 16 heavy (non-hydrogen) atoms. The van der Waals surface area contributed by atoms with Crippen LogP contribution < -0.4 is 5.73 Å². The quantitative estimate of drug-likeness (QED) is 0.720. The molecule has 2 aliphatic carbocycles. The van der Waals surface area contributed by atoms with Gasteiger partial charge in [-0.1, -0.05) is 13.8 Å². The van der Waals surface area contributed by atoms with Gasteiger partial charge in [0.25, 0.3) is 0 Å². The highest BCUT2D eigenvalue weighted by Crippen LogP contribution is 2.44. The zero-order valence-corrected chi connectivity index (χ0v) is 10.8. The summed E-state index contributed by atoms with van der Waals surface area (Å²) in [6, 6.07) is 0.332. The largest absolute Gasteiger partial charge is 0.390 e. The minimum Gasteiger partial charge on any atom is -0.390 e. The van der Waals surface area contributed by atoms with Crippen molar-refractivity contribution in [2.45, 2.75) is 70.4 Å². The topological polar surface area (TPSA) is 46.2 Å². The van der Waals surface area contributed by atoms with Crippen LogP contribution in [0.25, 0.3) is 0 Å². The van der Waals surface area contributed by atoms with Gasteiger partial charge in [-0.05, 0) is 62.7 Å². The average molecular weight is 225 g/mol. The Balaban J connectivity index is 1.99. The minimum atomic E-state index is -0.390. The Labute approximate surface area is 99.6 Å². The van der Waals surface area contributed by atoms with Crippen molar-refractivity contribution >= 4 is 0 Å². The molecule has 3 N–H and O–H groups in total. The fraction of sp³-hybridized carbons (Fsp3) is 1.00. The van der Waals surface area contributed by atoms with Crippen LogP contribution in [0, 0.1) is 17.8 Å². The van der Waals surface area contributed by atoms with Gasteiger partial charge in [-0.2, -0.15) is 0 Å². The van der Waals surface area contributed by atoms with E-state index in [1.165, 1.54) is 19.3 Å². The first-order chi connectivity index (χ1) is 7.49. The van der Waals surface area contributed by atoms with Crippen molar-refractivity contribution in [2.75, 3.05) is 0 Å². The lowest BCUT2D eigenvalue weighted by Gasteiger charge is -2.45. The molecule has 2 rings (SSSR count). The van der Waals surface area contributed by atoms with Crippen LogP contribution in [0.15, 0.2) is 0 Å². The summed E-state index contributed by atoms with van der Waals surface area (Å²) in [6.07, 6.45) is 7.65. The van der Waals surface area contributed by atoms with Crippen molar-refractivity contribution in [3.05, 3.63) is 0 Å². The lowest BCUT2D eigenvalue weighted by atomic mass is 9.65. The summed E-state index contributed by atoms with van der Waals surface area (Å²) in [4.78, 5) is 0. The summed E-state index contributed by atoms with van der Waals surface area (Å²) in [5.74, 6) is 2.10. The first-order valence-electron chi connectivity index (χ1n) is 6.97. The van der Waals surface area contributed by atoms with E-state index in [2.05, 4.69) is 13.8 Å². The highest BCUT2D eigenvalue weighted by Gasteiger charge is 2.42. The molecule has 2 heteroatoms. The third kappa shape index (κ3) is 2.60. The Morgan fingerprint density at radius 2 is 1.50 bits per heavy atom. The fourth-order valence-corrected chi connectivity index (χ4v) is 3.93. The first-order valence-corrected chi connectivity index (χ1v) is 6.97. The number of hydrogen-bond acceptors (Lipinski definition) is 2. The van der Waals surface area contributed by atoms with Gasteiger partial charge in [0.05, 0.1) is 5.60 Å². The summed E-state index contributed by atoms with van der Waals surface area (Å²) in [5.41, 5.74) is 5.54. The lowest BCUT2D eigenvalue weighted by Crippen LogP contribution is -2.46. The molecule has 0 aliphatic heterocycles. The van der Waals surface area contributed by atoms with E-state index < -0.39 is 5.60 Å². The summed E-state index contributed by atoms with van der Waals surface area (Å²) < 4.78 is 0. The number of rotatable bonds is 1. The predicted molar refractivity (Wildman–Crippen MR) is 67.1 cm³/mol. The minimum absolute atomic E-state index is 0.332. The average Bonchev–Trinajstić information content (AvgIpc) is 2.21. The van der Waals surface area contributed by atoms with Crippen molar-refractivity contribution < 1.29 is 5.11 Å². The molecule has 0 saturated heterocycles. The molecule has 0 aromatic carbocycles. The molecule has 0 radical (unpaired) electrons. The van der Waals surface area contributed by atoms with Gasteiger partial charge in [-0.15, -0.1) is 0 Å². The molecule has 2 unspecified atom stereocenters. The maximum atomic E-state index is 10.8. The van der Waals surface area contributed by atoms with Crippen molar-refractivity contribution in [1.29, 1.82) is 0 Å². The van der Waals surface area contributed by atoms with Gasteiger partial charge in [0.2, 0.25) is 0 Å². The van der Waals surface area contributed by atoms with Gasteiger partial charge in [0, 0.05) is 6.04 Å². The van der Waals surface area contributed by atoms with Gasteiger partial charge in [-0.3, -0.25) is 0 Å². The first kappa shape index (κ1) is 12.4. The Morgan fingerprint density at radius 1 is 1.00 bits per heavy atom. The second-order valence-electron chi connectivity index (χ2n) is 6.56. The second-order valence-corrected chi connectivity index (χ2v) is 6.56. The monoisotopic (exact) mass is 225 g/mol. The Bertz CT molecular complexity index is 223. The normalized spacial score (nSPS) is 50.2. The molecule has 0 aromatic rings. The fourth-order valence-electron chi connectivity index (χ4n) is 3.93. The number of aliphatic hydroxyl groups is 1. The standard InChI is InChI=1S/C14H27NO/c1-10-7-11(2)9-12(8-10)14(16)5-3-13(15)4-6-14/h10-13,16H,3-9,15H2,1-2H3. The summed E-state index contributed by atoms with van der Waals surface area (Å²) in [6.45, 7) is 4.67. The third-order valence-corrected chi connectivity index (χ3v) is 4.83. The molecule has 2 fully saturated rings. The molecule has 0 spiro atoms. The Morgan fingerprint density at radius 3 is 2.00 bits per heavy atom. The van der Waals surface area contributed by atoms with Crippen LogP contribution in [-0.4, -0.2) is 16.7 Å². The molecule has 0 amide bonds. The third-order valence-electron chi connectivity index (χ3n) is 4.83. The molecule has 2 saturated carbocycles. The maximum Gasteiger partial charge on any atom is 0.0677 e. The molecule has 2 nitrogen and oxygen atoms in total. The molecular weight excluding hydrogens is 198 g/mol. The molecule has 94 valence electrons. The van der Waals surface area contributed by atoms with E-state index in [0.717, 1.165) is 37.5 Å². The SMILES string of the molecule is CC1CC(C)CC(C2(O)CCC(N)CC2)C1. The van der Waals surface area contributed by atoms with E-state index in [1.807, 2.05) is 0 Å². The van der Waals surface area contributed by atoms with Crippen LogP contribution in [0.2, 0.25) is 0 Å². The van der Waals surface area contributed by atoms with E-state index in [9.17, 15) is 5.11 Å². The maximum absolute atomic E-state index is 10.8. The van der Waals surface area contributed by atoms with Crippen molar-refractivity contribution in [3.63, 3.8) is 0 Å². The second kappa shape index (κ2) is 4.66. The van der Waals surface area contributed by atoms with Crippen molar-refractivity contribution in [3.8, 4) is 0 Å². The molecular formula is C14H27NO. The lowest BCUT2D eigenvalue weighted by molar-refractivity contribution is -0.0765. The van der Waals surface area contributed by atoms with Crippen LogP contribution in [0.4, 0.5) is 0 Å². The zero-order chi connectivity index (χ0) is 11.8. The van der Waals surface area contributed by atoms with Gasteiger partial charge >= 0.3 is 0 Å².